The van der Waals surface area contributed by atoms with E-state index in [9.17, 15) is 31.4 Å². The van der Waals surface area contributed by atoms with Gasteiger partial charge in [0.05, 0.1) is 11.7 Å². The normalized spacial score (nSPS) is 22.2. The first-order valence-electron chi connectivity index (χ1n) is 9.75. The molecule has 12 heteroatoms. The fourth-order valence-corrected chi connectivity index (χ4v) is 4.49. The molecule has 0 atom stereocenters. The van der Waals surface area contributed by atoms with Crippen LogP contribution in [-0.2, 0) is 18.9 Å². The first-order valence-corrected chi connectivity index (χ1v) is 9.75. The van der Waals surface area contributed by atoms with Crippen LogP contribution >= 0.6 is 0 Å². The Morgan fingerprint density at radius 2 is 1.62 bits per heavy atom. The summed E-state index contributed by atoms with van der Waals surface area (Å²) in [6.45, 7) is 6.52. The molecule has 1 aliphatic rings. The van der Waals surface area contributed by atoms with Gasteiger partial charge in [-0.05, 0) is 0 Å². The van der Waals surface area contributed by atoms with E-state index in [0.717, 1.165) is 18.5 Å². The lowest BCUT2D eigenvalue weighted by Crippen LogP contribution is -2.70. The van der Waals surface area contributed by atoms with Gasteiger partial charge in [0.1, 0.15) is 11.4 Å². The molecule has 0 aromatic carbocycles. The molecule has 0 bridgehead atoms. The number of pyridine rings is 1. The van der Waals surface area contributed by atoms with Gasteiger partial charge in [0.15, 0.2) is 12.4 Å². The van der Waals surface area contributed by atoms with Crippen LogP contribution in [0.25, 0.3) is 0 Å². The van der Waals surface area contributed by atoms with Crippen LogP contribution in [0.2, 0.25) is 0 Å². The molecule has 0 amide bonds. The van der Waals surface area contributed by atoms with E-state index in [-0.39, 0.29) is 18.1 Å². The largest absolute Gasteiger partial charge is 0.421 e. The molecule has 3 rings (SSSR count). The summed E-state index contributed by atoms with van der Waals surface area (Å²) in [5.74, 6) is -0.781. The maximum atomic E-state index is 13.5. The third-order valence-electron chi connectivity index (χ3n) is 5.96. The fraction of sp³-hybridized carbons (Fsp3) is 0.550. The van der Waals surface area contributed by atoms with Crippen LogP contribution in [0, 0.1) is 10.8 Å². The van der Waals surface area contributed by atoms with Crippen LogP contribution < -0.4 is 15.6 Å². The molecule has 0 saturated heterocycles. The highest BCUT2D eigenvalue weighted by atomic mass is 19.4. The van der Waals surface area contributed by atoms with Gasteiger partial charge in [-0.25, -0.2) is 9.97 Å². The topological polar surface area (TPSA) is 84.2 Å². The molecule has 0 aliphatic heterocycles. The average Bonchev–Trinajstić information content (AvgIpc) is 2.68. The van der Waals surface area contributed by atoms with E-state index in [0.29, 0.717) is 6.20 Å². The summed E-state index contributed by atoms with van der Waals surface area (Å²) < 4.78 is 80.1. The zero-order valence-corrected chi connectivity index (χ0v) is 17.8. The van der Waals surface area contributed by atoms with Crippen molar-refractivity contribution in [1.29, 1.82) is 0 Å². The van der Waals surface area contributed by atoms with E-state index < -0.39 is 52.3 Å². The first-order chi connectivity index (χ1) is 14.6. The summed E-state index contributed by atoms with van der Waals surface area (Å²) in [4.78, 5) is 10.1. The van der Waals surface area contributed by atoms with Gasteiger partial charge in [-0.2, -0.15) is 31.3 Å². The zero-order chi connectivity index (χ0) is 24.1. The standard InChI is InChI=1S/C20H23F6N5O/c1-17(2)14(18(3,4)15(17)32)30-13-12(20(24,25)26)9-29-16(31-13)28-8-10-7-27-6-5-11(10)19(21,22)23/h5-7,9,14-15,32H,8H2,1-4H3,(H2,28,29,30,31)/p+1. The summed E-state index contributed by atoms with van der Waals surface area (Å²) in [6.07, 6.45) is -7.26. The molecule has 176 valence electrons. The number of anilines is 2. The third kappa shape index (κ3) is 4.32. The number of halogens is 6. The minimum absolute atomic E-state index is 0.151. The summed E-state index contributed by atoms with van der Waals surface area (Å²) >= 11 is 0. The van der Waals surface area contributed by atoms with E-state index in [1.165, 1.54) is 0 Å². The Balaban J connectivity index is 1.89. The molecule has 2 heterocycles. The van der Waals surface area contributed by atoms with Gasteiger partial charge >= 0.3 is 12.4 Å². The van der Waals surface area contributed by atoms with Gasteiger partial charge in [-0.15, -0.1) is 0 Å². The Labute approximate surface area is 180 Å². The van der Waals surface area contributed by atoms with Crippen LogP contribution in [0.5, 0.6) is 0 Å². The summed E-state index contributed by atoms with van der Waals surface area (Å²) in [5, 5.41) is 15.7. The molecule has 6 nitrogen and oxygen atoms in total. The van der Waals surface area contributed by atoms with E-state index in [4.69, 9.17) is 0 Å². The average molecular weight is 464 g/mol. The summed E-state index contributed by atoms with van der Waals surface area (Å²) in [7, 11) is 0. The van der Waals surface area contributed by atoms with Crippen molar-refractivity contribution in [3.8, 4) is 0 Å². The molecule has 1 saturated carbocycles. The van der Waals surface area contributed by atoms with Gasteiger partial charge in [0.2, 0.25) is 5.95 Å². The maximum absolute atomic E-state index is 13.5. The second kappa shape index (κ2) is 7.75. The predicted molar refractivity (Wildman–Crippen MR) is 103 cm³/mol. The molecule has 0 spiro atoms. The van der Waals surface area contributed by atoms with Crippen molar-refractivity contribution < 1.29 is 36.4 Å². The quantitative estimate of drug-likeness (QED) is 0.579. The Kier molecular flexibility index (Phi) is 5.82. The number of alkyl halides is 6. The zero-order valence-electron chi connectivity index (χ0n) is 17.8. The van der Waals surface area contributed by atoms with Crippen molar-refractivity contribution >= 4 is 11.8 Å². The van der Waals surface area contributed by atoms with Gasteiger partial charge in [0, 0.05) is 41.2 Å². The lowest BCUT2D eigenvalue weighted by Gasteiger charge is -2.62. The minimum atomic E-state index is -4.75. The van der Waals surface area contributed by atoms with Gasteiger partial charge in [0.25, 0.3) is 0 Å². The second-order valence-corrected chi connectivity index (χ2v) is 9.01. The molecule has 0 radical (unpaired) electrons. The Morgan fingerprint density at radius 1 is 1.03 bits per heavy atom. The fourth-order valence-electron chi connectivity index (χ4n) is 4.49. The van der Waals surface area contributed by atoms with Crippen molar-refractivity contribution in [3.63, 3.8) is 0 Å². The Hall–Kier alpha value is -2.63. The summed E-state index contributed by atoms with van der Waals surface area (Å²) in [6, 6.07) is 0.318. The summed E-state index contributed by atoms with van der Waals surface area (Å²) in [5.41, 5.74) is -3.61. The number of hydrogen-bond acceptors (Lipinski definition) is 5. The number of nitrogens with one attached hydrogen (secondary N) is 3. The smallest absolute Gasteiger partial charge is 0.392 e. The number of aromatic amines is 1. The van der Waals surface area contributed by atoms with E-state index in [2.05, 4.69) is 25.6 Å². The van der Waals surface area contributed by atoms with Crippen molar-refractivity contribution in [2.75, 3.05) is 10.6 Å². The molecule has 2 aromatic rings. The monoisotopic (exact) mass is 464 g/mol. The lowest BCUT2D eigenvalue weighted by molar-refractivity contribution is -0.379. The highest BCUT2D eigenvalue weighted by Gasteiger charge is 2.61. The lowest BCUT2D eigenvalue weighted by atomic mass is 9.49. The SMILES string of the molecule is CC1(C)C(O)C(C)(C)C1Nc1nc(NCc2c[nH+]ccc2C(F)(F)F)ncc1C(F)(F)F. The maximum Gasteiger partial charge on any atom is 0.421 e. The number of H-pyrrole nitrogens is 1. The molecule has 2 aromatic heterocycles. The van der Waals surface area contributed by atoms with Crippen LogP contribution in [0.1, 0.15) is 44.4 Å². The minimum Gasteiger partial charge on any atom is -0.392 e. The molecular weight excluding hydrogens is 440 g/mol. The Bertz CT molecular complexity index is 973. The highest BCUT2D eigenvalue weighted by Crippen LogP contribution is 2.55. The van der Waals surface area contributed by atoms with Gasteiger partial charge in [-0.1, -0.05) is 27.7 Å². The molecule has 1 aliphatic carbocycles. The number of nitrogens with zero attached hydrogens (tertiary/aromatic N) is 2. The predicted octanol–water partition coefficient (Wildman–Crippen LogP) is 4.15. The molecule has 0 unspecified atom stereocenters. The second-order valence-electron chi connectivity index (χ2n) is 9.01. The molecular formula is C20H24F6N5O+. The molecule has 1 fully saturated rings. The van der Waals surface area contributed by atoms with Gasteiger partial charge in [-0.3, -0.25) is 0 Å². The van der Waals surface area contributed by atoms with Crippen LogP contribution in [0.15, 0.2) is 24.7 Å². The van der Waals surface area contributed by atoms with Crippen molar-refractivity contribution in [2.45, 2.75) is 58.7 Å². The first kappa shape index (κ1) is 24.0. The highest BCUT2D eigenvalue weighted by molar-refractivity contribution is 5.51. The number of rotatable bonds is 5. The van der Waals surface area contributed by atoms with E-state index >= 15 is 0 Å². The number of aliphatic hydroxyl groups excluding tert-OH is 1. The number of aromatic nitrogens is 3. The van der Waals surface area contributed by atoms with E-state index in [1.54, 1.807) is 27.7 Å². The van der Waals surface area contributed by atoms with Crippen LogP contribution in [0.4, 0.5) is 38.1 Å². The Morgan fingerprint density at radius 3 is 2.19 bits per heavy atom. The van der Waals surface area contributed by atoms with Gasteiger partial charge < -0.3 is 15.7 Å². The molecule has 32 heavy (non-hydrogen) atoms. The third-order valence-corrected chi connectivity index (χ3v) is 5.96. The number of aliphatic hydroxyl groups is 1. The number of hydrogen-bond donors (Lipinski definition) is 3. The van der Waals surface area contributed by atoms with Crippen LogP contribution in [-0.4, -0.2) is 27.2 Å². The van der Waals surface area contributed by atoms with Crippen molar-refractivity contribution in [2.24, 2.45) is 10.8 Å². The van der Waals surface area contributed by atoms with E-state index in [1.807, 2.05) is 0 Å². The van der Waals surface area contributed by atoms with Crippen molar-refractivity contribution in [1.82, 2.24) is 9.97 Å². The van der Waals surface area contributed by atoms with Crippen molar-refractivity contribution in [3.05, 3.63) is 41.3 Å². The van der Waals surface area contributed by atoms with Crippen LogP contribution in [0.3, 0.4) is 0 Å². The molecule has 4 N–H and O–H groups in total.